The molecule has 0 spiro atoms. The van der Waals surface area contributed by atoms with Crippen molar-refractivity contribution in [3.63, 3.8) is 0 Å². The molecule has 4 heteroatoms. The van der Waals surface area contributed by atoms with Crippen LogP contribution in [0.3, 0.4) is 0 Å². The SMILES string of the molecule is Cc1nc(N2CCC(O)C2)ccc1Br. The molecular weight excluding hydrogens is 244 g/mol. The zero-order chi connectivity index (χ0) is 10.1. The highest BCUT2D eigenvalue weighted by Gasteiger charge is 2.21. The molecule has 3 nitrogen and oxygen atoms in total. The number of aliphatic hydroxyl groups excluding tert-OH is 1. The molecule has 76 valence electrons. The lowest BCUT2D eigenvalue weighted by molar-refractivity contribution is 0.198. The van der Waals surface area contributed by atoms with E-state index in [1.54, 1.807) is 0 Å². The zero-order valence-electron chi connectivity index (χ0n) is 8.07. The molecule has 14 heavy (non-hydrogen) atoms. The highest BCUT2D eigenvalue weighted by atomic mass is 79.9. The molecule has 1 unspecified atom stereocenters. The van der Waals surface area contributed by atoms with Gasteiger partial charge in [0.1, 0.15) is 5.82 Å². The fourth-order valence-corrected chi connectivity index (χ4v) is 1.88. The summed E-state index contributed by atoms with van der Waals surface area (Å²) < 4.78 is 1.03. The Morgan fingerprint density at radius 1 is 1.57 bits per heavy atom. The summed E-state index contributed by atoms with van der Waals surface area (Å²) in [4.78, 5) is 6.57. The van der Waals surface area contributed by atoms with Gasteiger partial charge in [0.05, 0.1) is 11.8 Å². The Morgan fingerprint density at radius 2 is 2.36 bits per heavy atom. The average molecular weight is 257 g/mol. The van der Waals surface area contributed by atoms with E-state index in [0.717, 1.165) is 29.0 Å². The second kappa shape index (κ2) is 3.87. The van der Waals surface area contributed by atoms with Crippen LogP contribution in [0.15, 0.2) is 16.6 Å². The van der Waals surface area contributed by atoms with Crippen molar-refractivity contribution < 1.29 is 5.11 Å². The van der Waals surface area contributed by atoms with Crippen molar-refractivity contribution in [2.45, 2.75) is 19.4 Å². The summed E-state index contributed by atoms with van der Waals surface area (Å²) >= 11 is 3.42. The Hall–Kier alpha value is -0.610. The number of anilines is 1. The van der Waals surface area contributed by atoms with Crippen LogP contribution in [-0.2, 0) is 0 Å². The van der Waals surface area contributed by atoms with Crippen LogP contribution in [0.4, 0.5) is 5.82 Å². The molecule has 0 aromatic carbocycles. The first kappa shape index (κ1) is 9.93. The van der Waals surface area contributed by atoms with Crippen LogP contribution in [0.1, 0.15) is 12.1 Å². The molecule has 1 atom stereocenters. The van der Waals surface area contributed by atoms with Crippen LogP contribution in [0.25, 0.3) is 0 Å². The summed E-state index contributed by atoms with van der Waals surface area (Å²) in [6.45, 7) is 3.57. The van der Waals surface area contributed by atoms with Gasteiger partial charge in [-0.1, -0.05) is 0 Å². The predicted molar refractivity (Wildman–Crippen MR) is 59.5 cm³/mol. The summed E-state index contributed by atoms with van der Waals surface area (Å²) in [5, 5.41) is 9.41. The summed E-state index contributed by atoms with van der Waals surface area (Å²) in [6.07, 6.45) is 0.650. The van der Waals surface area contributed by atoms with Gasteiger partial charge in [0.25, 0.3) is 0 Å². The molecule has 0 saturated carbocycles. The van der Waals surface area contributed by atoms with Crippen LogP contribution < -0.4 is 4.90 Å². The number of halogens is 1. The smallest absolute Gasteiger partial charge is 0.128 e. The number of nitrogens with zero attached hydrogens (tertiary/aromatic N) is 2. The second-order valence-corrected chi connectivity index (χ2v) is 4.48. The van der Waals surface area contributed by atoms with Gasteiger partial charge >= 0.3 is 0 Å². The number of rotatable bonds is 1. The number of aryl methyl sites for hydroxylation is 1. The molecule has 2 heterocycles. The lowest BCUT2D eigenvalue weighted by Gasteiger charge is -2.17. The van der Waals surface area contributed by atoms with Gasteiger partial charge in [0, 0.05) is 17.6 Å². The van der Waals surface area contributed by atoms with Crippen molar-refractivity contribution in [3.05, 3.63) is 22.3 Å². The lowest BCUT2D eigenvalue weighted by atomic mass is 10.3. The van der Waals surface area contributed by atoms with Crippen molar-refractivity contribution >= 4 is 21.7 Å². The fraction of sp³-hybridized carbons (Fsp3) is 0.500. The zero-order valence-corrected chi connectivity index (χ0v) is 9.66. The van der Waals surface area contributed by atoms with E-state index < -0.39 is 0 Å². The van der Waals surface area contributed by atoms with E-state index in [1.807, 2.05) is 19.1 Å². The maximum atomic E-state index is 9.41. The van der Waals surface area contributed by atoms with E-state index in [-0.39, 0.29) is 6.10 Å². The molecule has 0 aliphatic carbocycles. The van der Waals surface area contributed by atoms with Crippen LogP contribution in [0.5, 0.6) is 0 Å². The first-order valence-corrected chi connectivity index (χ1v) is 5.52. The summed E-state index contributed by atoms with van der Waals surface area (Å²) in [6, 6.07) is 3.98. The largest absolute Gasteiger partial charge is 0.391 e. The van der Waals surface area contributed by atoms with E-state index in [2.05, 4.69) is 25.8 Å². The second-order valence-electron chi connectivity index (χ2n) is 3.63. The Bertz CT molecular complexity index is 343. The highest BCUT2D eigenvalue weighted by Crippen LogP contribution is 2.22. The lowest BCUT2D eigenvalue weighted by Crippen LogP contribution is -2.22. The molecule has 0 bridgehead atoms. The number of hydrogen-bond acceptors (Lipinski definition) is 3. The van der Waals surface area contributed by atoms with Crippen molar-refractivity contribution in [2.24, 2.45) is 0 Å². The van der Waals surface area contributed by atoms with E-state index in [9.17, 15) is 5.11 Å². The maximum absolute atomic E-state index is 9.41. The molecule has 1 aromatic heterocycles. The maximum Gasteiger partial charge on any atom is 0.128 e. The monoisotopic (exact) mass is 256 g/mol. The minimum atomic E-state index is -0.194. The molecule has 1 N–H and O–H groups in total. The Kier molecular flexibility index (Phi) is 2.74. The Balaban J connectivity index is 2.20. The van der Waals surface area contributed by atoms with Crippen LogP contribution in [-0.4, -0.2) is 29.3 Å². The summed E-state index contributed by atoms with van der Waals surface area (Å²) in [5.41, 5.74) is 0.990. The van der Waals surface area contributed by atoms with Crippen LogP contribution >= 0.6 is 15.9 Å². The summed E-state index contributed by atoms with van der Waals surface area (Å²) in [5.74, 6) is 0.960. The van der Waals surface area contributed by atoms with Crippen LogP contribution in [0.2, 0.25) is 0 Å². The van der Waals surface area contributed by atoms with Crippen LogP contribution in [0, 0.1) is 6.92 Å². The first-order valence-electron chi connectivity index (χ1n) is 4.73. The quantitative estimate of drug-likeness (QED) is 0.832. The van der Waals surface area contributed by atoms with E-state index >= 15 is 0 Å². The first-order chi connectivity index (χ1) is 6.66. The topological polar surface area (TPSA) is 36.4 Å². The normalized spacial score (nSPS) is 21.6. The van der Waals surface area contributed by atoms with E-state index in [4.69, 9.17) is 0 Å². The third-order valence-corrected chi connectivity index (χ3v) is 3.33. The van der Waals surface area contributed by atoms with E-state index in [1.165, 1.54) is 0 Å². The third-order valence-electron chi connectivity index (χ3n) is 2.49. The molecule has 1 aliphatic heterocycles. The van der Waals surface area contributed by atoms with Crippen molar-refractivity contribution in [2.75, 3.05) is 18.0 Å². The minimum absolute atomic E-state index is 0.194. The van der Waals surface area contributed by atoms with Gasteiger partial charge in [-0.3, -0.25) is 0 Å². The van der Waals surface area contributed by atoms with Crippen molar-refractivity contribution in [1.82, 2.24) is 4.98 Å². The molecule has 2 rings (SSSR count). The Morgan fingerprint density at radius 3 is 2.93 bits per heavy atom. The number of β-amino-alcohol motifs (C(OH)–C–C–N with tert-alkyl or cyclic N) is 1. The van der Waals surface area contributed by atoms with Gasteiger partial charge < -0.3 is 10.0 Å². The molecule has 1 aliphatic rings. The molecule has 1 aromatic rings. The van der Waals surface area contributed by atoms with E-state index in [0.29, 0.717) is 6.54 Å². The van der Waals surface area contributed by atoms with Gasteiger partial charge in [-0.25, -0.2) is 4.98 Å². The molecule has 1 saturated heterocycles. The third kappa shape index (κ3) is 1.91. The standard InChI is InChI=1S/C10H13BrN2O/c1-7-9(11)2-3-10(12-7)13-5-4-8(14)6-13/h2-3,8,14H,4-6H2,1H3. The van der Waals surface area contributed by atoms with Gasteiger partial charge in [-0.05, 0) is 41.4 Å². The molecular formula is C10H13BrN2O. The predicted octanol–water partition coefficient (Wildman–Crippen LogP) is 1.72. The van der Waals surface area contributed by atoms with Gasteiger partial charge in [0.2, 0.25) is 0 Å². The van der Waals surface area contributed by atoms with Gasteiger partial charge in [-0.2, -0.15) is 0 Å². The molecule has 0 radical (unpaired) electrons. The van der Waals surface area contributed by atoms with Crippen molar-refractivity contribution in [3.8, 4) is 0 Å². The number of aliphatic hydroxyl groups is 1. The minimum Gasteiger partial charge on any atom is -0.391 e. The van der Waals surface area contributed by atoms with Crippen molar-refractivity contribution in [1.29, 1.82) is 0 Å². The number of pyridine rings is 1. The number of hydrogen-bond donors (Lipinski definition) is 1. The average Bonchev–Trinajstić information content (AvgIpc) is 2.57. The van der Waals surface area contributed by atoms with Gasteiger partial charge in [0.15, 0.2) is 0 Å². The highest BCUT2D eigenvalue weighted by molar-refractivity contribution is 9.10. The number of aromatic nitrogens is 1. The van der Waals surface area contributed by atoms with Gasteiger partial charge in [-0.15, -0.1) is 0 Å². The Labute approximate surface area is 91.9 Å². The molecule has 1 fully saturated rings. The molecule has 0 amide bonds. The fourth-order valence-electron chi connectivity index (χ4n) is 1.66. The summed E-state index contributed by atoms with van der Waals surface area (Å²) in [7, 11) is 0.